The first-order chi connectivity index (χ1) is 6.75. The summed E-state index contributed by atoms with van der Waals surface area (Å²) >= 11 is 0. The summed E-state index contributed by atoms with van der Waals surface area (Å²) < 4.78 is 12.8. The number of hydrogen-bond acceptors (Lipinski definition) is 2. The van der Waals surface area contributed by atoms with Gasteiger partial charge in [-0.25, -0.2) is 14.4 Å². The molecule has 1 aromatic carbocycles. The molecule has 0 bridgehead atoms. The van der Waals surface area contributed by atoms with Crippen LogP contribution in [-0.2, 0) is 0 Å². The molecular weight excluding hydrogens is 265 g/mol. The van der Waals surface area contributed by atoms with Crippen LogP contribution in [0.5, 0.6) is 0 Å². The molecule has 2 rings (SSSR count). The summed E-state index contributed by atoms with van der Waals surface area (Å²) in [5, 5.41) is 0. The second-order valence-electron chi connectivity index (χ2n) is 3.01. The Morgan fingerprint density at radius 1 is 1.27 bits per heavy atom. The van der Waals surface area contributed by atoms with Crippen LogP contribution in [0.15, 0.2) is 30.6 Å². The Balaban J connectivity index is 0.00000112. The molecule has 15 heavy (non-hydrogen) atoms. The molecule has 2 nitrogen and oxygen atoms in total. The Morgan fingerprint density at radius 3 is 2.53 bits per heavy atom. The molecule has 0 aliphatic heterocycles. The van der Waals surface area contributed by atoms with Gasteiger partial charge in [-0.2, -0.15) is 12.1 Å². The molecular formula is C11H8FN2Rb. The van der Waals surface area contributed by atoms with Gasteiger partial charge in [0.2, 0.25) is 0 Å². The fourth-order valence-electron chi connectivity index (χ4n) is 1.12. The molecule has 4 heteroatoms. The number of benzene rings is 1. The quantitative estimate of drug-likeness (QED) is 0.648. The molecule has 0 aliphatic carbocycles. The average Bonchev–Trinajstić information content (AvgIpc) is 2.19. The molecule has 0 saturated heterocycles. The van der Waals surface area contributed by atoms with Crippen LogP contribution in [0.3, 0.4) is 0 Å². The van der Waals surface area contributed by atoms with E-state index in [2.05, 4.69) is 16.0 Å². The van der Waals surface area contributed by atoms with Gasteiger partial charge in [0.15, 0.2) is 0 Å². The Labute approximate surface area is 137 Å². The van der Waals surface area contributed by atoms with Crippen molar-refractivity contribution < 1.29 is 62.6 Å². The van der Waals surface area contributed by atoms with Crippen LogP contribution in [0.1, 0.15) is 5.56 Å². The second kappa shape index (κ2) is 5.94. The number of aryl methyl sites for hydroxylation is 1. The number of aromatic nitrogens is 2. The standard InChI is InChI=1S/C11H8FN2.Rb/c1-8-6-13-11(14-7-8)9-3-2-4-10(12)5-9;/h2-3,5-7H,1H3;/q-1;+1. The zero-order valence-corrected chi connectivity index (χ0v) is 13.6. The maximum absolute atomic E-state index is 12.8. The average molecular weight is 273 g/mol. The molecule has 70 valence electrons. The van der Waals surface area contributed by atoms with Crippen molar-refractivity contribution in [2.75, 3.05) is 0 Å². The Morgan fingerprint density at radius 2 is 1.93 bits per heavy atom. The van der Waals surface area contributed by atoms with E-state index in [0.29, 0.717) is 11.4 Å². The predicted molar refractivity (Wildman–Crippen MR) is 51.0 cm³/mol. The molecule has 1 aromatic heterocycles. The molecule has 0 unspecified atom stereocenters. The van der Waals surface area contributed by atoms with Crippen molar-refractivity contribution in [1.82, 2.24) is 9.97 Å². The molecule has 0 atom stereocenters. The van der Waals surface area contributed by atoms with Gasteiger partial charge in [0.1, 0.15) is 5.82 Å². The first-order valence-corrected chi connectivity index (χ1v) is 4.22. The SMILES string of the molecule is Cc1cnc(-c2cc[c-]c(F)c2)nc1.[Rb+]. The van der Waals surface area contributed by atoms with Gasteiger partial charge in [0.05, 0.1) is 0 Å². The summed E-state index contributed by atoms with van der Waals surface area (Å²) in [4.78, 5) is 8.20. The number of halogens is 1. The van der Waals surface area contributed by atoms with E-state index in [9.17, 15) is 4.39 Å². The molecule has 0 aliphatic rings. The first-order valence-electron chi connectivity index (χ1n) is 4.22. The maximum atomic E-state index is 12.8. The third kappa shape index (κ3) is 3.52. The first kappa shape index (κ1) is 13.1. The smallest absolute Gasteiger partial charge is 0.238 e. The van der Waals surface area contributed by atoms with Gasteiger partial charge in [-0.1, -0.05) is 5.56 Å². The van der Waals surface area contributed by atoms with E-state index in [0.717, 1.165) is 5.56 Å². The summed E-state index contributed by atoms with van der Waals surface area (Å²) in [5.41, 5.74) is 1.65. The largest absolute Gasteiger partial charge is 1.00 e. The number of rotatable bonds is 1. The maximum Gasteiger partial charge on any atom is 1.00 e. The Kier molecular flexibility index (Phi) is 5.19. The summed E-state index contributed by atoms with van der Waals surface area (Å²) in [6.07, 6.45) is 3.41. The van der Waals surface area contributed by atoms with E-state index in [1.807, 2.05) is 6.92 Å². The molecule has 0 spiro atoms. The van der Waals surface area contributed by atoms with Crippen molar-refractivity contribution in [1.29, 1.82) is 0 Å². The van der Waals surface area contributed by atoms with Gasteiger partial charge in [0, 0.05) is 18.2 Å². The van der Waals surface area contributed by atoms with Crippen LogP contribution in [-0.4, -0.2) is 9.97 Å². The number of hydrogen-bond donors (Lipinski definition) is 0. The van der Waals surface area contributed by atoms with Crippen molar-refractivity contribution in [3.63, 3.8) is 0 Å². The Bertz CT molecular complexity index is 443. The van der Waals surface area contributed by atoms with Crippen LogP contribution in [0.4, 0.5) is 4.39 Å². The van der Waals surface area contributed by atoms with Gasteiger partial charge in [0.25, 0.3) is 0 Å². The van der Waals surface area contributed by atoms with E-state index in [1.54, 1.807) is 18.5 Å². The van der Waals surface area contributed by atoms with Crippen molar-refractivity contribution in [3.8, 4) is 11.4 Å². The van der Waals surface area contributed by atoms with E-state index in [1.165, 1.54) is 12.1 Å². The topological polar surface area (TPSA) is 25.8 Å². The summed E-state index contributed by atoms with van der Waals surface area (Å²) in [6.45, 7) is 1.91. The van der Waals surface area contributed by atoms with E-state index < -0.39 is 5.82 Å². The van der Waals surface area contributed by atoms with Gasteiger partial charge in [-0.15, -0.1) is 12.1 Å². The van der Waals surface area contributed by atoms with Crippen LogP contribution < -0.4 is 58.2 Å². The molecule has 1 heterocycles. The van der Waals surface area contributed by atoms with E-state index in [-0.39, 0.29) is 58.2 Å². The monoisotopic (exact) mass is 272 g/mol. The Hall–Kier alpha value is 0.0352. The van der Waals surface area contributed by atoms with Gasteiger partial charge < -0.3 is 0 Å². The fraction of sp³-hybridized carbons (Fsp3) is 0.0909. The summed E-state index contributed by atoms with van der Waals surface area (Å²) in [7, 11) is 0. The van der Waals surface area contributed by atoms with Crippen LogP contribution in [0, 0.1) is 18.8 Å². The number of nitrogens with zero attached hydrogens (tertiary/aromatic N) is 2. The van der Waals surface area contributed by atoms with Crippen molar-refractivity contribution in [2.45, 2.75) is 6.92 Å². The predicted octanol–water partition coefficient (Wildman–Crippen LogP) is -0.605. The van der Waals surface area contributed by atoms with Crippen LogP contribution >= 0.6 is 0 Å². The van der Waals surface area contributed by atoms with Crippen molar-refractivity contribution >= 4 is 0 Å². The van der Waals surface area contributed by atoms with Gasteiger partial charge in [-0.3, -0.25) is 0 Å². The second-order valence-corrected chi connectivity index (χ2v) is 3.01. The zero-order valence-electron chi connectivity index (χ0n) is 8.66. The van der Waals surface area contributed by atoms with Gasteiger partial charge in [-0.05, 0) is 12.5 Å². The van der Waals surface area contributed by atoms with Gasteiger partial charge >= 0.3 is 58.2 Å². The minimum Gasteiger partial charge on any atom is -0.238 e. The molecule has 0 amide bonds. The third-order valence-electron chi connectivity index (χ3n) is 1.81. The third-order valence-corrected chi connectivity index (χ3v) is 1.81. The molecule has 2 aromatic rings. The summed E-state index contributed by atoms with van der Waals surface area (Å²) in [6, 6.07) is 7.05. The molecule has 0 N–H and O–H groups in total. The minimum atomic E-state index is -0.397. The molecule has 0 fully saturated rings. The van der Waals surface area contributed by atoms with Crippen molar-refractivity contribution in [3.05, 3.63) is 48.0 Å². The fourth-order valence-corrected chi connectivity index (χ4v) is 1.12. The van der Waals surface area contributed by atoms with E-state index in [4.69, 9.17) is 0 Å². The van der Waals surface area contributed by atoms with Crippen molar-refractivity contribution in [2.24, 2.45) is 0 Å². The van der Waals surface area contributed by atoms with E-state index >= 15 is 0 Å². The molecule has 0 radical (unpaired) electrons. The zero-order chi connectivity index (χ0) is 9.97. The molecule has 0 saturated carbocycles. The summed E-state index contributed by atoms with van der Waals surface area (Å²) in [5.74, 6) is 0.134. The van der Waals surface area contributed by atoms with Crippen LogP contribution in [0.25, 0.3) is 11.4 Å². The normalized spacial score (nSPS) is 9.47. The van der Waals surface area contributed by atoms with Crippen LogP contribution in [0.2, 0.25) is 0 Å². The minimum absolute atomic E-state index is 0.